The molecule has 0 saturated carbocycles. The van der Waals surface area contributed by atoms with Gasteiger partial charge in [-0.1, -0.05) is 0 Å². The third-order valence-electron chi connectivity index (χ3n) is 2.83. The fourth-order valence-corrected chi connectivity index (χ4v) is 1.97. The minimum atomic E-state index is -0.627. The van der Waals surface area contributed by atoms with Gasteiger partial charge in [-0.3, -0.25) is 0 Å². The molecule has 1 aromatic rings. The lowest BCUT2D eigenvalue weighted by Crippen LogP contribution is -2.18. The maximum Gasteiger partial charge on any atom is 0.171 e. The lowest BCUT2D eigenvalue weighted by molar-refractivity contribution is 0.263. The van der Waals surface area contributed by atoms with Crippen molar-refractivity contribution in [2.24, 2.45) is 5.73 Å². The molecule has 0 radical (unpaired) electrons. The molecule has 0 bridgehead atoms. The van der Waals surface area contributed by atoms with Gasteiger partial charge in [0.15, 0.2) is 11.6 Å². The Morgan fingerprint density at radius 2 is 1.71 bits per heavy atom. The monoisotopic (exact) mass is 243 g/mol. The summed E-state index contributed by atoms with van der Waals surface area (Å²) in [5.74, 6) is 0.0419. The van der Waals surface area contributed by atoms with E-state index in [1.807, 2.05) is 0 Å². The summed E-state index contributed by atoms with van der Waals surface area (Å²) in [6.45, 7) is 3.03. The number of aliphatic hydroxyl groups excluding tert-OH is 1. The molecular weight excluding hydrogens is 225 g/mol. The standard InChI is InChI=1S/C12H18FNO3/c1-6-9(8(14)5-15)11(16-3)7(2)10(13)12(6)17-4/h8,15H,5,14H2,1-4H3. The van der Waals surface area contributed by atoms with E-state index >= 15 is 0 Å². The Morgan fingerprint density at radius 3 is 2.12 bits per heavy atom. The fraction of sp³-hybridized carbons (Fsp3) is 0.500. The summed E-state index contributed by atoms with van der Waals surface area (Å²) < 4.78 is 24.1. The summed E-state index contributed by atoms with van der Waals surface area (Å²) in [6, 6.07) is -0.627. The van der Waals surface area contributed by atoms with Gasteiger partial charge < -0.3 is 20.3 Å². The highest BCUT2D eigenvalue weighted by atomic mass is 19.1. The third kappa shape index (κ3) is 2.21. The minimum absolute atomic E-state index is 0.141. The molecule has 0 aromatic heterocycles. The van der Waals surface area contributed by atoms with Crippen LogP contribution in [0.2, 0.25) is 0 Å². The molecule has 1 rings (SSSR count). The van der Waals surface area contributed by atoms with Crippen LogP contribution in [0.1, 0.15) is 22.7 Å². The van der Waals surface area contributed by atoms with Gasteiger partial charge in [0.1, 0.15) is 5.75 Å². The number of benzene rings is 1. The van der Waals surface area contributed by atoms with Crippen molar-refractivity contribution in [3.63, 3.8) is 0 Å². The van der Waals surface area contributed by atoms with Crippen molar-refractivity contribution in [2.75, 3.05) is 20.8 Å². The zero-order valence-corrected chi connectivity index (χ0v) is 10.5. The molecule has 1 atom stereocenters. The predicted molar refractivity (Wildman–Crippen MR) is 63.0 cm³/mol. The first-order valence-electron chi connectivity index (χ1n) is 5.26. The van der Waals surface area contributed by atoms with Gasteiger partial charge in [0.2, 0.25) is 0 Å². The van der Waals surface area contributed by atoms with E-state index in [0.717, 1.165) is 0 Å². The Balaban J connectivity index is 3.60. The van der Waals surface area contributed by atoms with Gasteiger partial charge in [0, 0.05) is 16.7 Å². The molecule has 3 N–H and O–H groups in total. The first-order valence-corrected chi connectivity index (χ1v) is 5.26. The second kappa shape index (κ2) is 5.33. The van der Waals surface area contributed by atoms with Crippen LogP contribution in [0.5, 0.6) is 11.5 Å². The lowest BCUT2D eigenvalue weighted by Gasteiger charge is -2.21. The molecule has 0 aliphatic carbocycles. The van der Waals surface area contributed by atoms with Crippen molar-refractivity contribution < 1.29 is 19.0 Å². The molecule has 96 valence electrons. The normalized spacial score (nSPS) is 12.4. The van der Waals surface area contributed by atoms with Crippen molar-refractivity contribution in [3.8, 4) is 11.5 Å². The van der Waals surface area contributed by atoms with Crippen molar-refractivity contribution >= 4 is 0 Å². The second-order valence-corrected chi connectivity index (χ2v) is 3.83. The van der Waals surface area contributed by atoms with Crippen LogP contribution in [0, 0.1) is 19.7 Å². The zero-order valence-electron chi connectivity index (χ0n) is 10.5. The van der Waals surface area contributed by atoms with Gasteiger partial charge in [-0.05, 0) is 13.8 Å². The predicted octanol–water partition coefficient (Wildman–Crippen LogP) is 1.45. The smallest absolute Gasteiger partial charge is 0.171 e. The first-order chi connectivity index (χ1) is 7.99. The molecule has 1 unspecified atom stereocenters. The van der Waals surface area contributed by atoms with Crippen LogP contribution in [-0.2, 0) is 0 Å². The minimum Gasteiger partial charge on any atom is -0.496 e. The fourth-order valence-electron chi connectivity index (χ4n) is 1.97. The molecule has 0 saturated heterocycles. The maximum absolute atomic E-state index is 13.9. The second-order valence-electron chi connectivity index (χ2n) is 3.83. The topological polar surface area (TPSA) is 64.7 Å². The number of hydrogen-bond acceptors (Lipinski definition) is 4. The van der Waals surface area contributed by atoms with Crippen LogP contribution < -0.4 is 15.2 Å². The molecule has 0 aliphatic rings. The lowest BCUT2D eigenvalue weighted by atomic mass is 9.96. The Bertz CT molecular complexity index is 421. The molecular formula is C12H18FNO3. The maximum atomic E-state index is 13.9. The van der Waals surface area contributed by atoms with E-state index < -0.39 is 11.9 Å². The highest BCUT2D eigenvalue weighted by molar-refractivity contribution is 5.55. The average molecular weight is 243 g/mol. The zero-order chi connectivity index (χ0) is 13.2. The van der Waals surface area contributed by atoms with Crippen LogP contribution >= 0.6 is 0 Å². The van der Waals surface area contributed by atoms with Crippen molar-refractivity contribution in [2.45, 2.75) is 19.9 Å². The van der Waals surface area contributed by atoms with Gasteiger partial charge in [-0.15, -0.1) is 0 Å². The highest BCUT2D eigenvalue weighted by Crippen LogP contribution is 2.39. The van der Waals surface area contributed by atoms with Crippen LogP contribution in [0.25, 0.3) is 0 Å². The summed E-state index contributed by atoms with van der Waals surface area (Å²) in [7, 11) is 2.84. The Kier molecular flexibility index (Phi) is 4.31. The summed E-state index contributed by atoms with van der Waals surface area (Å²) >= 11 is 0. The summed E-state index contributed by atoms with van der Waals surface area (Å²) in [6.07, 6.45) is 0. The highest BCUT2D eigenvalue weighted by Gasteiger charge is 2.24. The van der Waals surface area contributed by atoms with E-state index in [0.29, 0.717) is 22.4 Å². The SMILES string of the molecule is COc1c(C)c(C(N)CO)c(OC)c(C)c1F. The van der Waals surface area contributed by atoms with Gasteiger partial charge in [0.05, 0.1) is 26.9 Å². The summed E-state index contributed by atoms with van der Waals surface area (Å²) in [4.78, 5) is 0. The van der Waals surface area contributed by atoms with E-state index in [9.17, 15) is 4.39 Å². The largest absolute Gasteiger partial charge is 0.496 e. The summed E-state index contributed by atoms with van der Waals surface area (Å²) in [5.41, 5.74) is 7.26. The Morgan fingerprint density at radius 1 is 1.18 bits per heavy atom. The number of hydrogen-bond donors (Lipinski definition) is 2. The van der Waals surface area contributed by atoms with Crippen LogP contribution in [0.3, 0.4) is 0 Å². The van der Waals surface area contributed by atoms with E-state index in [2.05, 4.69) is 0 Å². The third-order valence-corrected chi connectivity index (χ3v) is 2.83. The van der Waals surface area contributed by atoms with Crippen LogP contribution in [0.4, 0.5) is 4.39 Å². The van der Waals surface area contributed by atoms with Gasteiger partial charge in [-0.25, -0.2) is 4.39 Å². The van der Waals surface area contributed by atoms with Crippen molar-refractivity contribution in [1.82, 2.24) is 0 Å². The molecule has 0 amide bonds. The van der Waals surface area contributed by atoms with Crippen molar-refractivity contribution in [3.05, 3.63) is 22.5 Å². The first kappa shape index (κ1) is 13.7. The quantitative estimate of drug-likeness (QED) is 0.840. The number of rotatable bonds is 4. The molecule has 17 heavy (non-hydrogen) atoms. The number of ether oxygens (including phenoxy) is 2. The van der Waals surface area contributed by atoms with E-state index in [1.165, 1.54) is 14.2 Å². The molecule has 0 heterocycles. The van der Waals surface area contributed by atoms with Gasteiger partial charge in [0.25, 0.3) is 0 Å². The van der Waals surface area contributed by atoms with Crippen LogP contribution in [0.15, 0.2) is 0 Å². The molecule has 5 heteroatoms. The Labute approximate surface area is 100 Å². The Hall–Kier alpha value is -1.33. The number of halogens is 1. The van der Waals surface area contributed by atoms with Crippen molar-refractivity contribution in [1.29, 1.82) is 0 Å². The molecule has 0 spiro atoms. The molecule has 0 fully saturated rings. The number of aliphatic hydroxyl groups is 1. The average Bonchev–Trinajstić information content (AvgIpc) is 2.33. The van der Waals surface area contributed by atoms with E-state index in [-0.39, 0.29) is 12.4 Å². The van der Waals surface area contributed by atoms with Gasteiger partial charge >= 0.3 is 0 Å². The molecule has 0 aliphatic heterocycles. The molecule has 4 nitrogen and oxygen atoms in total. The van der Waals surface area contributed by atoms with E-state index in [1.54, 1.807) is 13.8 Å². The number of methoxy groups -OCH3 is 2. The summed E-state index contributed by atoms with van der Waals surface area (Å²) in [5, 5.41) is 9.14. The van der Waals surface area contributed by atoms with E-state index in [4.69, 9.17) is 20.3 Å². The van der Waals surface area contributed by atoms with Crippen LogP contribution in [-0.4, -0.2) is 25.9 Å². The molecule has 1 aromatic carbocycles. The number of nitrogens with two attached hydrogens (primary N) is 1. The van der Waals surface area contributed by atoms with Gasteiger partial charge in [-0.2, -0.15) is 0 Å².